The highest BCUT2D eigenvalue weighted by molar-refractivity contribution is 5.86. The van der Waals surface area contributed by atoms with E-state index in [0.29, 0.717) is 10.8 Å². The van der Waals surface area contributed by atoms with Crippen molar-refractivity contribution >= 4 is 17.1 Å². The third-order valence-electron chi connectivity index (χ3n) is 16.5. The molecule has 7 aromatic carbocycles. The molecule has 0 amide bonds. The van der Waals surface area contributed by atoms with Crippen molar-refractivity contribution in [2.45, 2.75) is 83.0 Å². The topological polar surface area (TPSA) is 3.24 Å². The summed E-state index contributed by atoms with van der Waals surface area (Å²) in [5, 5.41) is 0. The van der Waals surface area contributed by atoms with E-state index in [4.69, 9.17) is 0 Å². The average molecular weight is 778 g/mol. The van der Waals surface area contributed by atoms with E-state index in [1.807, 2.05) is 0 Å². The fourth-order valence-electron chi connectivity index (χ4n) is 13.6. The van der Waals surface area contributed by atoms with Gasteiger partial charge in [-0.25, -0.2) is 0 Å². The lowest BCUT2D eigenvalue weighted by Gasteiger charge is -2.73. The maximum Gasteiger partial charge on any atom is 0.0465 e. The number of hydrogen-bond donors (Lipinski definition) is 0. The summed E-state index contributed by atoms with van der Waals surface area (Å²) in [5.41, 5.74) is 20.7. The van der Waals surface area contributed by atoms with Crippen molar-refractivity contribution in [3.8, 4) is 44.5 Å². The highest BCUT2D eigenvalue weighted by Crippen LogP contribution is 2.86. The van der Waals surface area contributed by atoms with Crippen molar-refractivity contribution in [3.63, 3.8) is 0 Å². The molecule has 5 atom stereocenters. The van der Waals surface area contributed by atoms with Crippen molar-refractivity contribution in [2.75, 3.05) is 4.90 Å². The Morgan fingerprint density at radius 1 is 0.467 bits per heavy atom. The minimum absolute atomic E-state index is 0.0795. The summed E-state index contributed by atoms with van der Waals surface area (Å²) < 4.78 is 0. The standard InChI is InChI=1S/C59H55N/c1-56(2,3)45-22-14-41(15-23-45)44-20-28-50(29-21-44)60(51-30-31-53-52-8-6-7-9-54(52)57(4,5)55(53)34-51)49-26-18-43(19-27-49)40-12-10-39(11-13-40)42-16-24-46(25-17-42)58-35-38-32-47-33-48(37-58)59(47,58)36-38/h6-31,34,38,47-48H,32-33,35-37H2,1-5H3. The predicted molar refractivity (Wildman–Crippen MR) is 251 cm³/mol. The molecule has 4 saturated carbocycles. The van der Waals surface area contributed by atoms with Gasteiger partial charge in [-0.15, -0.1) is 0 Å². The maximum atomic E-state index is 2.49. The van der Waals surface area contributed by atoms with Crippen LogP contribution < -0.4 is 4.90 Å². The first-order valence-electron chi connectivity index (χ1n) is 22.6. The highest BCUT2D eigenvalue weighted by Gasteiger charge is 2.80. The Labute approximate surface area is 357 Å². The van der Waals surface area contributed by atoms with Gasteiger partial charge in [0.25, 0.3) is 0 Å². The summed E-state index contributed by atoms with van der Waals surface area (Å²) in [4.78, 5) is 2.42. The SMILES string of the molecule is CC(C)(C)c1ccc(-c2ccc(N(c3ccc(-c4ccc(-c5ccc(C67CC8CC9CC(C6)C97C8)cc5)cc4)cc3)c3ccc4c(c3)C(C)(C)c3ccccc3-4)cc2)cc1. The van der Waals surface area contributed by atoms with Crippen LogP contribution in [-0.2, 0) is 16.2 Å². The van der Waals surface area contributed by atoms with E-state index in [1.54, 1.807) is 5.56 Å². The molecule has 7 aromatic rings. The monoisotopic (exact) mass is 777 g/mol. The summed E-state index contributed by atoms with van der Waals surface area (Å²) in [6.45, 7) is 11.5. The van der Waals surface area contributed by atoms with Crippen molar-refractivity contribution < 1.29 is 0 Å². The summed E-state index contributed by atoms with van der Waals surface area (Å²) in [7, 11) is 0. The third-order valence-corrected chi connectivity index (χ3v) is 16.5. The van der Waals surface area contributed by atoms with E-state index >= 15 is 0 Å². The van der Waals surface area contributed by atoms with Crippen LogP contribution in [0.1, 0.15) is 89.0 Å². The van der Waals surface area contributed by atoms with Crippen LogP contribution in [0.4, 0.5) is 17.1 Å². The highest BCUT2D eigenvalue weighted by atomic mass is 15.1. The summed E-state index contributed by atoms with van der Waals surface area (Å²) in [6, 6.07) is 62.3. The van der Waals surface area contributed by atoms with Gasteiger partial charge in [0.15, 0.2) is 0 Å². The van der Waals surface area contributed by atoms with Crippen LogP contribution in [0.25, 0.3) is 44.5 Å². The molecule has 5 aliphatic rings. The molecule has 296 valence electrons. The van der Waals surface area contributed by atoms with Crippen molar-refractivity contribution in [1.82, 2.24) is 0 Å². The summed E-state index contributed by atoms with van der Waals surface area (Å²) in [6.07, 6.45) is 7.46. The lowest BCUT2D eigenvalue weighted by Crippen LogP contribution is -2.68. The van der Waals surface area contributed by atoms with Gasteiger partial charge in [-0.1, -0.05) is 162 Å². The Hall–Kier alpha value is -5.66. The van der Waals surface area contributed by atoms with Crippen LogP contribution in [0.15, 0.2) is 164 Å². The molecule has 12 rings (SSSR count). The predicted octanol–water partition coefficient (Wildman–Crippen LogP) is 15.8. The Balaban J connectivity index is 0.841. The van der Waals surface area contributed by atoms with Gasteiger partial charge in [0.05, 0.1) is 0 Å². The molecule has 0 N–H and O–H groups in total. The number of anilines is 3. The summed E-state index contributed by atoms with van der Waals surface area (Å²) >= 11 is 0. The molecule has 0 heterocycles. The number of fused-ring (bicyclic) bond motifs is 4. The second-order valence-corrected chi connectivity index (χ2v) is 20.8. The fourth-order valence-corrected chi connectivity index (χ4v) is 13.6. The molecule has 5 unspecified atom stereocenters. The molecule has 2 bridgehead atoms. The second-order valence-electron chi connectivity index (χ2n) is 20.8. The van der Waals surface area contributed by atoms with Gasteiger partial charge in [0.2, 0.25) is 0 Å². The molecule has 0 saturated heterocycles. The molecule has 4 fully saturated rings. The number of nitrogens with zero attached hydrogens (tertiary/aromatic N) is 1. The molecular formula is C59H55N. The van der Waals surface area contributed by atoms with Gasteiger partial charge in [-0.3, -0.25) is 0 Å². The molecule has 0 radical (unpaired) electrons. The molecule has 60 heavy (non-hydrogen) atoms. The van der Waals surface area contributed by atoms with Crippen LogP contribution >= 0.6 is 0 Å². The average Bonchev–Trinajstić information content (AvgIpc) is 3.85. The van der Waals surface area contributed by atoms with Gasteiger partial charge in [0, 0.05) is 27.9 Å². The van der Waals surface area contributed by atoms with E-state index in [9.17, 15) is 0 Å². The van der Waals surface area contributed by atoms with Crippen LogP contribution in [0, 0.1) is 23.2 Å². The van der Waals surface area contributed by atoms with E-state index < -0.39 is 0 Å². The minimum Gasteiger partial charge on any atom is -0.310 e. The van der Waals surface area contributed by atoms with E-state index in [1.165, 1.54) is 99.0 Å². The molecule has 1 heteroatoms. The lowest BCUT2D eigenvalue weighted by molar-refractivity contribution is -0.198. The summed E-state index contributed by atoms with van der Waals surface area (Å²) in [5.74, 6) is 3.04. The van der Waals surface area contributed by atoms with Crippen LogP contribution in [0.5, 0.6) is 0 Å². The molecule has 1 spiro atoms. The van der Waals surface area contributed by atoms with Gasteiger partial charge in [-0.2, -0.15) is 0 Å². The largest absolute Gasteiger partial charge is 0.310 e. The Kier molecular flexibility index (Phi) is 7.65. The quantitative estimate of drug-likeness (QED) is 0.156. The third kappa shape index (κ3) is 5.11. The Morgan fingerprint density at radius 3 is 1.52 bits per heavy atom. The smallest absolute Gasteiger partial charge is 0.0465 e. The Morgan fingerprint density at radius 2 is 0.967 bits per heavy atom. The number of hydrogen-bond acceptors (Lipinski definition) is 1. The molecule has 1 nitrogen and oxygen atoms in total. The first kappa shape index (κ1) is 36.2. The van der Waals surface area contributed by atoms with Gasteiger partial charge in [-0.05, 0) is 164 Å². The zero-order valence-corrected chi connectivity index (χ0v) is 35.8. The van der Waals surface area contributed by atoms with E-state index in [0.717, 1.165) is 29.1 Å². The second kappa shape index (κ2) is 12.7. The number of rotatable bonds is 7. The zero-order chi connectivity index (χ0) is 40.6. The van der Waals surface area contributed by atoms with Gasteiger partial charge in [0.1, 0.15) is 0 Å². The number of benzene rings is 7. The molecular weight excluding hydrogens is 723 g/mol. The van der Waals surface area contributed by atoms with Crippen LogP contribution in [0.3, 0.4) is 0 Å². The molecule has 0 aliphatic heterocycles. The van der Waals surface area contributed by atoms with Crippen LogP contribution in [0.2, 0.25) is 0 Å². The van der Waals surface area contributed by atoms with E-state index in [2.05, 4.69) is 203 Å². The first-order valence-corrected chi connectivity index (χ1v) is 22.6. The van der Waals surface area contributed by atoms with Gasteiger partial charge >= 0.3 is 0 Å². The fraction of sp³-hybridized carbons (Fsp3) is 0.288. The normalized spacial score (nSPS) is 24.9. The minimum atomic E-state index is -0.0795. The Bertz CT molecular complexity index is 2780. The van der Waals surface area contributed by atoms with Crippen molar-refractivity contribution in [3.05, 3.63) is 186 Å². The van der Waals surface area contributed by atoms with Crippen LogP contribution in [-0.4, -0.2) is 0 Å². The van der Waals surface area contributed by atoms with Crippen molar-refractivity contribution in [1.29, 1.82) is 0 Å². The molecule has 5 aliphatic carbocycles. The van der Waals surface area contributed by atoms with Crippen molar-refractivity contribution in [2.24, 2.45) is 23.2 Å². The van der Waals surface area contributed by atoms with E-state index in [-0.39, 0.29) is 10.8 Å². The lowest BCUT2D eigenvalue weighted by atomic mass is 9.31. The molecule has 0 aromatic heterocycles. The zero-order valence-electron chi connectivity index (χ0n) is 35.8. The first-order chi connectivity index (χ1) is 29.0. The maximum absolute atomic E-state index is 2.49. The van der Waals surface area contributed by atoms with Gasteiger partial charge < -0.3 is 4.90 Å².